The summed E-state index contributed by atoms with van der Waals surface area (Å²) in [6.45, 7) is 3.52. The lowest BCUT2D eigenvalue weighted by molar-refractivity contribution is 0.220. The van der Waals surface area contributed by atoms with E-state index >= 15 is 0 Å². The van der Waals surface area contributed by atoms with Gasteiger partial charge in [0, 0.05) is 18.8 Å². The van der Waals surface area contributed by atoms with E-state index in [1.165, 1.54) is 11.1 Å². The van der Waals surface area contributed by atoms with Crippen molar-refractivity contribution in [3.8, 4) is 0 Å². The van der Waals surface area contributed by atoms with Gasteiger partial charge in [-0.25, -0.2) is 4.79 Å². The molecule has 1 aromatic rings. The van der Waals surface area contributed by atoms with Gasteiger partial charge in [0.25, 0.3) is 0 Å². The van der Waals surface area contributed by atoms with Crippen molar-refractivity contribution in [2.75, 3.05) is 18.8 Å². The van der Waals surface area contributed by atoms with E-state index in [0.29, 0.717) is 12.3 Å². The van der Waals surface area contributed by atoms with Crippen molar-refractivity contribution in [3.05, 3.63) is 35.4 Å². The van der Waals surface area contributed by atoms with Gasteiger partial charge in [-0.05, 0) is 18.1 Å². The number of rotatable bonds is 3. The lowest BCUT2D eigenvalue weighted by Gasteiger charge is -2.14. The standard InChI is InChI=1S/C12H16N2OS/c1-9-4-2-3-5-10(9)11-8-14(6-7-16)12(15)13-11/h2-5,11,16H,6-8H2,1H3,(H,13,15). The molecule has 1 atom stereocenters. The van der Waals surface area contributed by atoms with Crippen molar-refractivity contribution in [2.24, 2.45) is 0 Å². The molecule has 1 fully saturated rings. The third kappa shape index (κ3) is 2.16. The molecule has 1 N–H and O–H groups in total. The van der Waals surface area contributed by atoms with Gasteiger partial charge < -0.3 is 10.2 Å². The number of nitrogens with one attached hydrogen (secondary N) is 1. The number of benzene rings is 1. The molecule has 0 saturated carbocycles. The fraction of sp³-hybridized carbons (Fsp3) is 0.417. The second kappa shape index (κ2) is 4.78. The van der Waals surface area contributed by atoms with Crippen molar-refractivity contribution in [2.45, 2.75) is 13.0 Å². The van der Waals surface area contributed by atoms with E-state index < -0.39 is 0 Å². The minimum Gasteiger partial charge on any atom is -0.329 e. The summed E-state index contributed by atoms with van der Waals surface area (Å²) in [7, 11) is 0. The molecule has 1 aliphatic rings. The summed E-state index contributed by atoms with van der Waals surface area (Å²) in [5.41, 5.74) is 2.43. The molecule has 0 spiro atoms. The molecule has 0 radical (unpaired) electrons. The number of amides is 2. The van der Waals surface area contributed by atoms with Crippen LogP contribution in [-0.4, -0.2) is 29.8 Å². The molecular formula is C12H16N2OS. The van der Waals surface area contributed by atoms with Crippen LogP contribution in [0, 0.1) is 6.92 Å². The number of carbonyl (C=O) groups is 1. The van der Waals surface area contributed by atoms with Crippen molar-refractivity contribution in [1.82, 2.24) is 10.2 Å². The molecule has 86 valence electrons. The first-order valence-corrected chi connectivity index (χ1v) is 6.07. The number of carbonyl (C=O) groups excluding carboxylic acids is 1. The minimum atomic E-state index is 0.0160. The van der Waals surface area contributed by atoms with E-state index in [1.54, 1.807) is 0 Å². The van der Waals surface area contributed by atoms with Crippen LogP contribution in [0.4, 0.5) is 4.79 Å². The highest BCUT2D eigenvalue weighted by Gasteiger charge is 2.29. The van der Waals surface area contributed by atoms with Crippen LogP contribution in [0.1, 0.15) is 17.2 Å². The Labute approximate surface area is 101 Å². The molecule has 0 bridgehead atoms. The van der Waals surface area contributed by atoms with Gasteiger partial charge in [0.05, 0.1) is 6.04 Å². The summed E-state index contributed by atoms with van der Waals surface area (Å²) >= 11 is 4.15. The van der Waals surface area contributed by atoms with Gasteiger partial charge in [-0.2, -0.15) is 12.6 Å². The van der Waals surface area contributed by atoms with Crippen molar-refractivity contribution in [3.63, 3.8) is 0 Å². The van der Waals surface area contributed by atoms with Gasteiger partial charge in [-0.15, -0.1) is 0 Å². The van der Waals surface area contributed by atoms with Crippen LogP contribution in [0.3, 0.4) is 0 Å². The number of hydrogen-bond donors (Lipinski definition) is 2. The Morgan fingerprint density at radius 3 is 2.94 bits per heavy atom. The Bertz CT molecular complexity index is 394. The maximum absolute atomic E-state index is 11.6. The fourth-order valence-electron chi connectivity index (χ4n) is 2.06. The van der Waals surface area contributed by atoms with E-state index in [9.17, 15) is 4.79 Å². The third-order valence-corrected chi connectivity index (χ3v) is 3.12. The maximum atomic E-state index is 11.6. The molecule has 1 heterocycles. The van der Waals surface area contributed by atoms with Crippen molar-refractivity contribution in [1.29, 1.82) is 0 Å². The first-order chi connectivity index (χ1) is 7.72. The molecule has 1 unspecified atom stereocenters. The highest BCUT2D eigenvalue weighted by molar-refractivity contribution is 7.80. The highest BCUT2D eigenvalue weighted by Crippen LogP contribution is 2.22. The normalized spacial score (nSPS) is 20.0. The van der Waals surface area contributed by atoms with E-state index in [2.05, 4.69) is 37.0 Å². The van der Waals surface area contributed by atoms with Crippen LogP contribution in [0.25, 0.3) is 0 Å². The average Bonchev–Trinajstić information content (AvgIpc) is 2.61. The van der Waals surface area contributed by atoms with Gasteiger partial charge >= 0.3 is 6.03 Å². The zero-order valence-corrected chi connectivity index (χ0v) is 10.2. The second-order valence-electron chi connectivity index (χ2n) is 4.03. The Morgan fingerprint density at radius 2 is 2.25 bits per heavy atom. The lowest BCUT2D eigenvalue weighted by Crippen LogP contribution is -2.29. The molecule has 0 aliphatic carbocycles. The van der Waals surface area contributed by atoms with Crippen molar-refractivity contribution >= 4 is 18.7 Å². The van der Waals surface area contributed by atoms with E-state index in [-0.39, 0.29) is 12.1 Å². The Morgan fingerprint density at radius 1 is 1.50 bits per heavy atom. The number of aryl methyl sites for hydroxylation is 1. The zero-order chi connectivity index (χ0) is 11.5. The first-order valence-electron chi connectivity index (χ1n) is 5.44. The molecule has 2 amide bonds. The maximum Gasteiger partial charge on any atom is 0.318 e. The molecule has 0 aromatic heterocycles. The molecule has 16 heavy (non-hydrogen) atoms. The summed E-state index contributed by atoms with van der Waals surface area (Å²) in [4.78, 5) is 13.4. The van der Waals surface area contributed by atoms with Crippen LogP contribution in [0.5, 0.6) is 0 Å². The smallest absolute Gasteiger partial charge is 0.318 e. The average molecular weight is 236 g/mol. The van der Waals surface area contributed by atoms with Crippen LogP contribution >= 0.6 is 12.6 Å². The van der Waals surface area contributed by atoms with Crippen LogP contribution in [-0.2, 0) is 0 Å². The second-order valence-corrected chi connectivity index (χ2v) is 4.48. The molecule has 1 saturated heterocycles. The Kier molecular flexibility index (Phi) is 3.39. The zero-order valence-electron chi connectivity index (χ0n) is 9.31. The molecule has 3 nitrogen and oxygen atoms in total. The summed E-state index contributed by atoms with van der Waals surface area (Å²) in [6, 6.07) is 8.31. The van der Waals surface area contributed by atoms with Crippen LogP contribution in [0.2, 0.25) is 0 Å². The van der Waals surface area contributed by atoms with Gasteiger partial charge in [0.15, 0.2) is 0 Å². The van der Waals surface area contributed by atoms with Gasteiger partial charge in [-0.3, -0.25) is 0 Å². The minimum absolute atomic E-state index is 0.0160. The predicted molar refractivity (Wildman–Crippen MR) is 67.9 cm³/mol. The molecule has 4 heteroatoms. The largest absolute Gasteiger partial charge is 0.329 e. The molecular weight excluding hydrogens is 220 g/mol. The summed E-state index contributed by atoms with van der Waals surface area (Å²) in [6.07, 6.45) is 0. The highest BCUT2D eigenvalue weighted by atomic mass is 32.1. The SMILES string of the molecule is Cc1ccccc1C1CN(CCS)C(=O)N1. The Hall–Kier alpha value is -1.16. The quantitative estimate of drug-likeness (QED) is 0.773. The van der Waals surface area contributed by atoms with E-state index in [4.69, 9.17) is 0 Å². The first kappa shape index (κ1) is 11.3. The van der Waals surface area contributed by atoms with Gasteiger partial charge in [0.2, 0.25) is 0 Å². The topological polar surface area (TPSA) is 32.3 Å². The van der Waals surface area contributed by atoms with Crippen LogP contribution < -0.4 is 5.32 Å². The van der Waals surface area contributed by atoms with Gasteiger partial charge in [-0.1, -0.05) is 24.3 Å². The van der Waals surface area contributed by atoms with Crippen molar-refractivity contribution < 1.29 is 4.79 Å². The number of thiol groups is 1. The van der Waals surface area contributed by atoms with E-state index in [0.717, 1.165) is 6.54 Å². The van der Waals surface area contributed by atoms with E-state index in [1.807, 2.05) is 17.0 Å². The lowest BCUT2D eigenvalue weighted by atomic mass is 10.0. The Balaban J connectivity index is 2.14. The van der Waals surface area contributed by atoms with Crippen LogP contribution in [0.15, 0.2) is 24.3 Å². The summed E-state index contributed by atoms with van der Waals surface area (Å²) < 4.78 is 0. The third-order valence-electron chi connectivity index (χ3n) is 2.92. The molecule has 1 aromatic carbocycles. The number of urea groups is 1. The molecule has 1 aliphatic heterocycles. The molecule has 2 rings (SSSR count). The van der Waals surface area contributed by atoms with Gasteiger partial charge in [0.1, 0.15) is 0 Å². The fourth-order valence-corrected chi connectivity index (χ4v) is 2.30. The number of nitrogens with zero attached hydrogens (tertiary/aromatic N) is 1. The summed E-state index contributed by atoms with van der Waals surface area (Å²) in [5, 5.41) is 3.00. The predicted octanol–water partition coefficient (Wildman–Crippen LogP) is 1.99. The number of hydrogen-bond acceptors (Lipinski definition) is 2. The monoisotopic (exact) mass is 236 g/mol. The summed E-state index contributed by atoms with van der Waals surface area (Å²) in [5.74, 6) is 0.702.